The maximum atomic E-state index is 12.4. The van der Waals surface area contributed by atoms with E-state index in [-0.39, 0.29) is 5.91 Å². The number of nitrogens with zero attached hydrogens (tertiary/aromatic N) is 2. The molecule has 2 aliphatic rings. The second kappa shape index (κ2) is 6.04. The Labute approximate surface area is 119 Å². The Morgan fingerprint density at radius 2 is 1.79 bits per heavy atom. The summed E-state index contributed by atoms with van der Waals surface area (Å²) in [7, 11) is 0. The van der Waals surface area contributed by atoms with Crippen LogP contribution < -0.4 is 0 Å². The SMILES string of the molecule is O=C(c1cnc(C2CCCCC2)s1)N1CCCCC1. The molecular formula is C15H22N2OS. The second-order valence-electron chi connectivity index (χ2n) is 5.75. The molecule has 2 heterocycles. The molecule has 1 aliphatic heterocycles. The van der Waals surface area contributed by atoms with Gasteiger partial charge in [-0.15, -0.1) is 11.3 Å². The summed E-state index contributed by atoms with van der Waals surface area (Å²) in [5.41, 5.74) is 0. The molecule has 0 aromatic carbocycles. The van der Waals surface area contributed by atoms with Gasteiger partial charge in [0.1, 0.15) is 4.88 Å². The molecule has 104 valence electrons. The van der Waals surface area contributed by atoms with E-state index in [0.717, 1.165) is 30.8 Å². The van der Waals surface area contributed by atoms with Crippen LogP contribution in [-0.4, -0.2) is 28.9 Å². The van der Waals surface area contributed by atoms with Gasteiger partial charge in [-0.25, -0.2) is 4.98 Å². The Morgan fingerprint density at radius 3 is 2.53 bits per heavy atom. The third kappa shape index (κ3) is 2.99. The van der Waals surface area contributed by atoms with Crippen LogP contribution in [0.4, 0.5) is 0 Å². The summed E-state index contributed by atoms with van der Waals surface area (Å²) in [5, 5.41) is 1.19. The number of rotatable bonds is 2. The minimum absolute atomic E-state index is 0.208. The first-order valence-electron chi connectivity index (χ1n) is 7.59. The molecule has 0 atom stereocenters. The standard InChI is InChI=1S/C15H22N2OS/c18-15(17-9-5-2-6-10-17)13-11-16-14(19-13)12-7-3-1-4-8-12/h11-12H,1-10H2. The van der Waals surface area contributed by atoms with Crippen molar-refractivity contribution in [3.05, 3.63) is 16.1 Å². The van der Waals surface area contributed by atoms with E-state index in [1.165, 1.54) is 43.5 Å². The molecule has 0 N–H and O–H groups in total. The summed E-state index contributed by atoms with van der Waals surface area (Å²) >= 11 is 1.64. The van der Waals surface area contributed by atoms with Crippen LogP contribution in [0.2, 0.25) is 0 Å². The number of carbonyl (C=O) groups is 1. The van der Waals surface area contributed by atoms with Gasteiger partial charge >= 0.3 is 0 Å². The molecule has 1 aliphatic carbocycles. The van der Waals surface area contributed by atoms with Gasteiger partial charge in [-0.3, -0.25) is 4.79 Å². The van der Waals surface area contributed by atoms with Crippen LogP contribution in [0.3, 0.4) is 0 Å². The number of hydrogen-bond acceptors (Lipinski definition) is 3. The van der Waals surface area contributed by atoms with Crippen molar-refractivity contribution in [2.75, 3.05) is 13.1 Å². The lowest BCUT2D eigenvalue weighted by Crippen LogP contribution is -2.35. The van der Waals surface area contributed by atoms with Crippen LogP contribution in [0.5, 0.6) is 0 Å². The molecule has 0 radical (unpaired) electrons. The lowest BCUT2D eigenvalue weighted by molar-refractivity contribution is 0.0729. The number of piperidine rings is 1. The van der Waals surface area contributed by atoms with Gasteiger partial charge in [0.05, 0.1) is 11.2 Å². The zero-order chi connectivity index (χ0) is 13.1. The number of thiazole rings is 1. The van der Waals surface area contributed by atoms with Gasteiger partial charge in [-0.05, 0) is 32.1 Å². The number of aromatic nitrogens is 1. The fraction of sp³-hybridized carbons (Fsp3) is 0.733. The maximum Gasteiger partial charge on any atom is 0.265 e. The van der Waals surface area contributed by atoms with Crippen molar-refractivity contribution in [1.82, 2.24) is 9.88 Å². The number of likely N-dealkylation sites (tertiary alicyclic amines) is 1. The molecule has 1 amide bonds. The van der Waals surface area contributed by atoms with Crippen molar-refractivity contribution in [3.63, 3.8) is 0 Å². The van der Waals surface area contributed by atoms with Crippen molar-refractivity contribution in [2.45, 2.75) is 57.3 Å². The van der Waals surface area contributed by atoms with Gasteiger partial charge in [0, 0.05) is 19.0 Å². The predicted octanol–water partition coefficient (Wildman–Crippen LogP) is 3.82. The average Bonchev–Trinajstić information content (AvgIpc) is 2.98. The summed E-state index contributed by atoms with van der Waals surface area (Å²) in [4.78, 5) is 19.8. The molecule has 4 heteroatoms. The van der Waals surface area contributed by atoms with E-state index in [2.05, 4.69) is 4.98 Å². The highest BCUT2D eigenvalue weighted by Crippen LogP contribution is 2.35. The molecule has 1 aromatic heterocycles. The number of amides is 1. The zero-order valence-electron chi connectivity index (χ0n) is 11.4. The number of carbonyl (C=O) groups excluding carboxylic acids is 1. The smallest absolute Gasteiger partial charge is 0.265 e. The fourth-order valence-corrected chi connectivity index (χ4v) is 4.23. The first-order valence-corrected chi connectivity index (χ1v) is 8.41. The molecule has 3 nitrogen and oxygen atoms in total. The second-order valence-corrected chi connectivity index (χ2v) is 6.81. The Kier molecular flexibility index (Phi) is 4.16. The monoisotopic (exact) mass is 278 g/mol. The predicted molar refractivity (Wildman–Crippen MR) is 77.7 cm³/mol. The summed E-state index contributed by atoms with van der Waals surface area (Å²) < 4.78 is 0. The van der Waals surface area contributed by atoms with Gasteiger partial charge in [0.15, 0.2) is 0 Å². The summed E-state index contributed by atoms with van der Waals surface area (Å²) in [6, 6.07) is 0. The van der Waals surface area contributed by atoms with E-state index in [0.29, 0.717) is 5.92 Å². The van der Waals surface area contributed by atoms with Gasteiger partial charge in [-0.1, -0.05) is 19.3 Å². The van der Waals surface area contributed by atoms with Gasteiger partial charge in [0.2, 0.25) is 0 Å². The summed E-state index contributed by atoms with van der Waals surface area (Å²) in [5.74, 6) is 0.820. The van der Waals surface area contributed by atoms with Crippen LogP contribution in [0.1, 0.15) is 72.0 Å². The molecule has 1 saturated heterocycles. The van der Waals surface area contributed by atoms with Crippen molar-refractivity contribution in [1.29, 1.82) is 0 Å². The molecule has 3 rings (SSSR count). The Morgan fingerprint density at radius 1 is 1.11 bits per heavy atom. The summed E-state index contributed by atoms with van der Waals surface area (Å²) in [6.45, 7) is 1.85. The van der Waals surface area contributed by atoms with Crippen LogP contribution >= 0.6 is 11.3 Å². The van der Waals surface area contributed by atoms with Crippen LogP contribution in [-0.2, 0) is 0 Å². The van der Waals surface area contributed by atoms with E-state index < -0.39 is 0 Å². The Bertz CT molecular complexity index is 431. The highest BCUT2D eigenvalue weighted by Gasteiger charge is 2.23. The Balaban J connectivity index is 1.67. The van der Waals surface area contributed by atoms with E-state index in [9.17, 15) is 4.79 Å². The molecular weight excluding hydrogens is 256 g/mol. The number of hydrogen-bond donors (Lipinski definition) is 0. The lowest BCUT2D eigenvalue weighted by Gasteiger charge is -2.26. The third-order valence-electron chi connectivity index (χ3n) is 4.33. The summed E-state index contributed by atoms with van der Waals surface area (Å²) in [6.07, 6.45) is 11.9. The minimum atomic E-state index is 0.208. The van der Waals surface area contributed by atoms with Crippen molar-refractivity contribution >= 4 is 17.2 Å². The van der Waals surface area contributed by atoms with Crippen molar-refractivity contribution in [3.8, 4) is 0 Å². The third-order valence-corrected chi connectivity index (χ3v) is 5.48. The highest BCUT2D eigenvalue weighted by atomic mass is 32.1. The minimum Gasteiger partial charge on any atom is -0.338 e. The lowest BCUT2D eigenvalue weighted by atomic mass is 9.90. The van der Waals surface area contributed by atoms with Crippen LogP contribution in [0.25, 0.3) is 0 Å². The van der Waals surface area contributed by atoms with E-state index in [4.69, 9.17) is 0 Å². The molecule has 1 aromatic rings. The normalized spacial score (nSPS) is 21.6. The fourth-order valence-electron chi connectivity index (χ4n) is 3.18. The highest BCUT2D eigenvalue weighted by molar-refractivity contribution is 7.13. The zero-order valence-corrected chi connectivity index (χ0v) is 12.3. The topological polar surface area (TPSA) is 33.2 Å². The van der Waals surface area contributed by atoms with E-state index in [1.807, 2.05) is 11.1 Å². The molecule has 0 unspecified atom stereocenters. The van der Waals surface area contributed by atoms with Crippen molar-refractivity contribution < 1.29 is 4.79 Å². The van der Waals surface area contributed by atoms with E-state index in [1.54, 1.807) is 11.3 Å². The molecule has 19 heavy (non-hydrogen) atoms. The first kappa shape index (κ1) is 13.1. The van der Waals surface area contributed by atoms with Crippen LogP contribution in [0.15, 0.2) is 6.20 Å². The van der Waals surface area contributed by atoms with Gasteiger partial charge in [0.25, 0.3) is 5.91 Å². The van der Waals surface area contributed by atoms with Crippen LogP contribution in [0, 0.1) is 0 Å². The maximum absolute atomic E-state index is 12.4. The van der Waals surface area contributed by atoms with Crippen molar-refractivity contribution in [2.24, 2.45) is 0 Å². The molecule has 0 bridgehead atoms. The first-order chi connectivity index (χ1) is 9.34. The average molecular weight is 278 g/mol. The van der Waals surface area contributed by atoms with Gasteiger partial charge < -0.3 is 4.90 Å². The molecule has 1 saturated carbocycles. The Hall–Kier alpha value is -0.900. The largest absolute Gasteiger partial charge is 0.338 e. The van der Waals surface area contributed by atoms with Gasteiger partial charge in [-0.2, -0.15) is 0 Å². The quantitative estimate of drug-likeness (QED) is 0.824. The molecule has 2 fully saturated rings. The van der Waals surface area contributed by atoms with E-state index >= 15 is 0 Å². The molecule has 0 spiro atoms.